The first-order valence-corrected chi connectivity index (χ1v) is 3.74. The minimum absolute atomic E-state index is 0.00537. The van der Waals surface area contributed by atoms with Crippen LogP contribution in [-0.4, -0.2) is 7.11 Å². The van der Waals surface area contributed by atoms with Crippen molar-refractivity contribution in [2.45, 2.75) is 20.5 Å². The number of hydrogen-bond donors (Lipinski definition) is 0. The van der Waals surface area contributed by atoms with Crippen LogP contribution in [0.1, 0.15) is 17.1 Å². The number of methoxy groups -OCH3 is 1. The fraction of sp³-hybridized carbons (Fsp3) is 0.444. The van der Waals surface area contributed by atoms with E-state index in [-0.39, 0.29) is 5.43 Å². The van der Waals surface area contributed by atoms with Crippen LogP contribution >= 0.6 is 0 Å². The number of rotatable bonds is 2. The number of hydrogen-bond acceptors (Lipinski definition) is 3. The van der Waals surface area contributed by atoms with Gasteiger partial charge in [-0.2, -0.15) is 0 Å². The van der Waals surface area contributed by atoms with Crippen molar-refractivity contribution < 1.29 is 9.15 Å². The smallest absolute Gasteiger partial charge is 0.188 e. The molecule has 0 fully saturated rings. The topological polar surface area (TPSA) is 39.4 Å². The quantitative estimate of drug-likeness (QED) is 0.670. The van der Waals surface area contributed by atoms with E-state index in [1.165, 1.54) is 6.07 Å². The molecule has 0 amide bonds. The monoisotopic (exact) mass is 168 g/mol. The second kappa shape index (κ2) is 3.54. The molecule has 0 aliphatic heterocycles. The van der Waals surface area contributed by atoms with Gasteiger partial charge in [0.05, 0.1) is 0 Å². The van der Waals surface area contributed by atoms with Gasteiger partial charge in [0.25, 0.3) is 0 Å². The van der Waals surface area contributed by atoms with E-state index in [2.05, 4.69) is 0 Å². The number of aryl methyl sites for hydroxylation is 1. The Kier molecular flexibility index (Phi) is 2.65. The second-order valence-electron chi connectivity index (χ2n) is 2.70. The van der Waals surface area contributed by atoms with Crippen LogP contribution in [0.15, 0.2) is 15.3 Å². The summed E-state index contributed by atoms with van der Waals surface area (Å²) in [5.74, 6) is 1.24. The largest absolute Gasteiger partial charge is 0.463 e. The summed E-state index contributed by atoms with van der Waals surface area (Å²) in [5.41, 5.74) is 0.633. The van der Waals surface area contributed by atoms with Crippen molar-refractivity contribution >= 4 is 0 Å². The highest BCUT2D eigenvalue weighted by molar-refractivity contribution is 5.16. The lowest BCUT2D eigenvalue weighted by Gasteiger charge is -2.03. The molecule has 0 aromatic carbocycles. The third-order valence-corrected chi connectivity index (χ3v) is 1.68. The summed E-state index contributed by atoms with van der Waals surface area (Å²) in [5, 5.41) is 0. The van der Waals surface area contributed by atoms with E-state index in [1.807, 2.05) is 0 Å². The molecule has 0 aliphatic rings. The zero-order chi connectivity index (χ0) is 9.14. The fourth-order valence-corrected chi connectivity index (χ4v) is 0.999. The Morgan fingerprint density at radius 1 is 1.50 bits per heavy atom. The summed E-state index contributed by atoms with van der Waals surface area (Å²) >= 11 is 0. The molecule has 1 rings (SSSR count). The van der Waals surface area contributed by atoms with Crippen LogP contribution in [0.25, 0.3) is 0 Å². The summed E-state index contributed by atoms with van der Waals surface area (Å²) in [4.78, 5) is 11.2. The van der Waals surface area contributed by atoms with Crippen molar-refractivity contribution in [3.05, 3.63) is 33.4 Å². The molecule has 0 saturated carbocycles. The van der Waals surface area contributed by atoms with Crippen LogP contribution in [0.3, 0.4) is 0 Å². The molecule has 0 unspecified atom stereocenters. The molecule has 0 radical (unpaired) electrons. The Bertz CT molecular complexity index is 325. The van der Waals surface area contributed by atoms with E-state index < -0.39 is 0 Å². The zero-order valence-electron chi connectivity index (χ0n) is 7.51. The van der Waals surface area contributed by atoms with Crippen molar-refractivity contribution in [3.8, 4) is 0 Å². The Morgan fingerprint density at radius 3 is 2.75 bits per heavy atom. The van der Waals surface area contributed by atoms with E-state index >= 15 is 0 Å². The molecule has 1 heterocycles. The average Bonchev–Trinajstić information content (AvgIpc) is 2.00. The highest BCUT2D eigenvalue weighted by atomic mass is 16.5. The van der Waals surface area contributed by atoms with Gasteiger partial charge in [-0.25, -0.2) is 0 Å². The average molecular weight is 168 g/mol. The molecule has 12 heavy (non-hydrogen) atoms. The van der Waals surface area contributed by atoms with E-state index in [4.69, 9.17) is 9.15 Å². The molecule has 66 valence electrons. The van der Waals surface area contributed by atoms with Gasteiger partial charge in [-0.05, 0) is 13.8 Å². The van der Waals surface area contributed by atoms with Gasteiger partial charge in [0, 0.05) is 18.7 Å². The molecule has 0 saturated heterocycles. The molecule has 0 N–H and O–H groups in total. The standard InChI is InChI=1S/C9H12O3/c1-6-4-8(10)7(2)9(12-6)5-11-3/h4H,5H2,1-3H3. The van der Waals surface area contributed by atoms with Gasteiger partial charge in [0.1, 0.15) is 18.1 Å². The summed E-state index contributed by atoms with van der Waals surface area (Å²) in [6.45, 7) is 3.84. The van der Waals surface area contributed by atoms with Crippen LogP contribution in [0.4, 0.5) is 0 Å². The maximum atomic E-state index is 11.2. The first-order valence-electron chi connectivity index (χ1n) is 3.74. The maximum Gasteiger partial charge on any atom is 0.188 e. The Labute approximate surface area is 71.0 Å². The van der Waals surface area contributed by atoms with Crippen molar-refractivity contribution in [2.24, 2.45) is 0 Å². The molecule has 0 bridgehead atoms. The fourth-order valence-electron chi connectivity index (χ4n) is 0.999. The molecule has 0 spiro atoms. The van der Waals surface area contributed by atoms with Gasteiger partial charge < -0.3 is 9.15 Å². The van der Waals surface area contributed by atoms with Crippen LogP contribution in [-0.2, 0) is 11.3 Å². The molecule has 3 nitrogen and oxygen atoms in total. The summed E-state index contributed by atoms with van der Waals surface area (Å²) < 4.78 is 10.2. The first kappa shape index (κ1) is 9.00. The van der Waals surface area contributed by atoms with Gasteiger partial charge in [0.2, 0.25) is 0 Å². The van der Waals surface area contributed by atoms with Crippen molar-refractivity contribution in [1.29, 1.82) is 0 Å². The van der Waals surface area contributed by atoms with Crippen LogP contribution < -0.4 is 5.43 Å². The molecular weight excluding hydrogens is 156 g/mol. The minimum Gasteiger partial charge on any atom is -0.463 e. The molecule has 1 aromatic rings. The highest BCUT2D eigenvalue weighted by Crippen LogP contribution is 2.06. The van der Waals surface area contributed by atoms with Crippen LogP contribution in [0.2, 0.25) is 0 Å². The summed E-state index contributed by atoms with van der Waals surface area (Å²) in [6, 6.07) is 1.48. The van der Waals surface area contributed by atoms with Gasteiger partial charge in [0.15, 0.2) is 5.43 Å². The van der Waals surface area contributed by atoms with E-state index in [0.29, 0.717) is 23.7 Å². The predicted octanol–water partition coefficient (Wildman–Crippen LogP) is 1.40. The van der Waals surface area contributed by atoms with E-state index in [1.54, 1.807) is 21.0 Å². The van der Waals surface area contributed by atoms with Gasteiger partial charge in [-0.15, -0.1) is 0 Å². The summed E-state index contributed by atoms with van der Waals surface area (Å²) in [6.07, 6.45) is 0. The molecule has 0 aliphatic carbocycles. The van der Waals surface area contributed by atoms with Gasteiger partial charge in [-0.3, -0.25) is 4.79 Å². The predicted molar refractivity (Wildman–Crippen MR) is 45.2 cm³/mol. The maximum absolute atomic E-state index is 11.2. The van der Waals surface area contributed by atoms with Crippen LogP contribution in [0.5, 0.6) is 0 Å². The number of ether oxygens (including phenoxy) is 1. The molecule has 3 heteroatoms. The van der Waals surface area contributed by atoms with Crippen molar-refractivity contribution in [2.75, 3.05) is 7.11 Å². The molecular formula is C9H12O3. The van der Waals surface area contributed by atoms with E-state index in [9.17, 15) is 4.79 Å². The molecule has 1 aromatic heterocycles. The lowest BCUT2D eigenvalue weighted by molar-refractivity contribution is 0.160. The Morgan fingerprint density at radius 2 is 2.17 bits per heavy atom. The third kappa shape index (κ3) is 1.74. The summed E-state index contributed by atoms with van der Waals surface area (Å²) in [7, 11) is 1.57. The normalized spacial score (nSPS) is 10.2. The highest BCUT2D eigenvalue weighted by Gasteiger charge is 2.04. The Hall–Kier alpha value is -1.09. The lowest BCUT2D eigenvalue weighted by atomic mass is 10.2. The minimum atomic E-state index is 0.00537. The van der Waals surface area contributed by atoms with Gasteiger partial charge in [-0.1, -0.05) is 0 Å². The van der Waals surface area contributed by atoms with Gasteiger partial charge >= 0.3 is 0 Å². The van der Waals surface area contributed by atoms with Crippen molar-refractivity contribution in [3.63, 3.8) is 0 Å². The SMILES string of the molecule is COCc1oc(C)cc(=O)c1C. The van der Waals surface area contributed by atoms with Crippen LogP contribution in [0, 0.1) is 13.8 Å². The second-order valence-corrected chi connectivity index (χ2v) is 2.70. The van der Waals surface area contributed by atoms with E-state index in [0.717, 1.165) is 0 Å². The Balaban J connectivity index is 3.18. The molecule has 0 atom stereocenters. The lowest BCUT2D eigenvalue weighted by Crippen LogP contribution is -2.08. The zero-order valence-corrected chi connectivity index (χ0v) is 7.51. The third-order valence-electron chi connectivity index (χ3n) is 1.68. The first-order chi connectivity index (χ1) is 5.65. The van der Waals surface area contributed by atoms with Crippen molar-refractivity contribution in [1.82, 2.24) is 0 Å².